The highest BCUT2D eigenvalue weighted by Gasteiger charge is 2.65. The normalized spacial score (nSPS) is 29.3. The van der Waals surface area contributed by atoms with E-state index in [1.54, 1.807) is 27.7 Å². The van der Waals surface area contributed by atoms with Crippen molar-refractivity contribution in [2.75, 3.05) is 18.9 Å². The molecule has 3 unspecified atom stereocenters. The molecule has 28 heavy (non-hydrogen) atoms. The van der Waals surface area contributed by atoms with Gasteiger partial charge in [0.05, 0.1) is 12.7 Å². The highest BCUT2D eigenvalue weighted by atomic mass is 19.1. The van der Waals surface area contributed by atoms with Crippen molar-refractivity contribution in [3.63, 3.8) is 0 Å². The molecular formula is C19H25FN4O4. The minimum atomic E-state index is -1.30. The highest BCUT2D eigenvalue weighted by Crippen LogP contribution is 2.51. The maximum Gasteiger partial charge on any atom is 0.415 e. The van der Waals surface area contributed by atoms with Crippen molar-refractivity contribution in [2.45, 2.75) is 50.5 Å². The number of ether oxygens (including phenoxy) is 3. The van der Waals surface area contributed by atoms with Crippen molar-refractivity contribution in [3.8, 4) is 0 Å². The van der Waals surface area contributed by atoms with Crippen molar-refractivity contribution in [1.29, 1.82) is 0 Å². The second kappa shape index (κ2) is 6.73. The Hall–Kier alpha value is -2.68. The summed E-state index contributed by atoms with van der Waals surface area (Å²) in [6, 6.07) is 4.12. The van der Waals surface area contributed by atoms with E-state index in [9.17, 15) is 9.18 Å². The van der Waals surface area contributed by atoms with Gasteiger partial charge in [0.25, 0.3) is 6.02 Å². The largest absolute Gasteiger partial charge is 0.462 e. The summed E-state index contributed by atoms with van der Waals surface area (Å²) in [4.78, 5) is 20.9. The fourth-order valence-corrected chi connectivity index (χ4v) is 3.59. The third-order valence-electron chi connectivity index (χ3n) is 4.98. The number of amidine groups is 1. The van der Waals surface area contributed by atoms with Crippen LogP contribution >= 0.6 is 0 Å². The maximum absolute atomic E-state index is 14.8. The van der Waals surface area contributed by atoms with Gasteiger partial charge < -0.3 is 19.9 Å². The van der Waals surface area contributed by atoms with Crippen LogP contribution in [-0.4, -0.2) is 49.3 Å². The summed E-state index contributed by atoms with van der Waals surface area (Å²) in [5.41, 5.74) is 3.39. The summed E-state index contributed by atoms with van der Waals surface area (Å²) in [5.74, 6) is -0.512. The Morgan fingerprint density at radius 3 is 2.82 bits per heavy atom. The van der Waals surface area contributed by atoms with Gasteiger partial charge in [0.1, 0.15) is 23.6 Å². The lowest BCUT2D eigenvalue weighted by atomic mass is 9.72. The van der Waals surface area contributed by atoms with E-state index in [0.717, 1.165) is 0 Å². The smallest absolute Gasteiger partial charge is 0.415 e. The van der Waals surface area contributed by atoms with Crippen molar-refractivity contribution in [1.82, 2.24) is 5.32 Å². The zero-order valence-corrected chi connectivity index (χ0v) is 16.4. The van der Waals surface area contributed by atoms with Crippen molar-refractivity contribution >= 4 is 24.5 Å². The van der Waals surface area contributed by atoms with Crippen molar-refractivity contribution < 1.29 is 23.4 Å². The minimum Gasteiger partial charge on any atom is -0.462 e. The number of carbonyl (C=O) groups excluding carboxylic acids is 1. The minimum absolute atomic E-state index is 0.0134. The molecule has 0 saturated carbocycles. The SMILES string of the molecule is C=NC12COC(NC(=O)OC(C)(C)C)=NC1(c1cc(N)ccc1F)COC2C. The van der Waals surface area contributed by atoms with Gasteiger partial charge in [-0.25, -0.2) is 19.5 Å². The predicted octanol–water partition coefficient (Wildman–Crippen LogP) is 2.37. The average molecular weight is 392 g/mol. The third kappa shape index (κ3) is 3.19. The first-order valence-corrected chi connectivity index (χ1v) is 8.91. The molecule has 1 fully saturated rings. The summed E-state index contributed by atoms with van der Waals surface area (Å²) >= 11 is 0. The van der Waals surface area contributed by atoms with Crippen molar-refractivity contribution in [2.24, 2.45) is 9.98 Å². The standard InChI is InChI=1S/C19H25FN4O4/c1-11-18(22-5)9-27-15(23-16(25)28-17(2,3)4)24-19(18,10-26-11)13-8-12(21)6-7-14(13)20/h6-8,11H,5,9-10,21H2,1-4H3,(H,23,24,25). The van der Waals surface area contributed by atoms with Gasteiger partial charge in [0.15, 0.2) is 5.54 Å². The molecule has 2 aliphatic heterocycles. The number of hydrogen-bond donors (Lipinski definition) is 2. The van der Waals surface area contributed by atoms with Gasteiger partial charge >= 0.3 is 6.09 Å². The number of rotatable bonds is 2. The fourth-order valence-electron chi connectivity index (χ4n) is 3.59. The summed E-state index contributed by atoms with van der Waals surface area (Å²) in [6.07, 6.45) is -1.18. The summed E-state index contributed by atoms with van der Waals surface area (Å²) in [7, 11) is 0. The van der Waals surface area contributed by atoms with E-state index in [-0.39, 0.29) is 24.8 Å². The molecule has 1 aromatic carbocycles. The zero-order chi connectivity index (χ0) is 20.7. The first-order chi connectivity index (χ1) is 13.0. The van der Waals surface area contributed by atoms with E-state index in [2.05, 4.69) is 22.0 Å². The zero-order valence-electron chi connectivity index (χ0n) is 16.4. The molecular weight excluding hydrogens is 367 g/mol. The van der Waals surface area contributed by atoms with Gasteiger partial charge in [-0.2, -0.15) is 0 Å². The molecule has 8 nitrogen and oxygen atoms in total. The highest BCUT2D eigenvalue weighted by molar-refractivity contribution is 5.91. The number of nitrogens with zero attached hydrogens (tertiary/aromatic N) is 2. The Bertz CT molecular complexity index is 838. The van der Waals surface area contributed by atoms with Gasteiger partial charge in [-0.3, -0.25) is 4.99 Å². The number of fused-ring (bicyclic) bond motifs is 1. The van der Waals surface area contributed by atoms with E-state index < -0.39 is 34.7 Å². The molecule has 0 spiro atoms. The third-order valence-corrected chi connectivity index (χ3v) is 4.98. The Morgan fingerprint density at radius 2 is 2.18 bits per heavy atom. The molecule has 152 valence electrons. The number of nitrogen functional groups attached to an aromatic ring is 1. The molecule has 9 heteroatoms. The van der Waals surface area contributed by atoms with Gasteiger partial charge in [0, 0.05) is 11.3 Å². The molecule has 3 rings (SSSR count). The summed E-state index contributed by atoms with van der Waals surface area (Å²) < 4.78 is 31.5. The number of alkyl carbamates (subject to hydrolysis) is 1. The number of anilines is 1. The number of amides is 1. The molecule has 0 radical (unpaired) electrons. The fraction of sp³-hybridized carbons (Fsp3) is 0.526. The number of halogens is 1. The second-order valence-electron chi connectivity index (χ2n) is 7.97. The number of hydrogen-bond acceptors (Lipinski definition) is 7. The Labute approximate surface area is 163 Å². The van der Waals surface area contributed by atoms with Crippen LogP contribution in [-0.2, 0) is 19.7 Å². The molecule has 2 heterocycles. The van der Waals surface area contributed by atoms with E-state index in [1.807, 2.05) is 0 Å². The molecule has 3 N–H and O–H groups in total. The average Bonchev–Trinajstić information content (AvgIpc) is 2.89. The van der Waals surface area contributed by atoms with E-state index in [1.165, 1.54) is 18.2 Å². The molecule has 2 aliphatic rings. The Kier molecular flexibility index (Phi) is 4.82. The van der Waals surface area contributed by atoms with Crippen LogP contribution in [0.2, 0.25) is 0 Å². The monoisotopic (exact) mass is 392 g/mol. The molecule has 3 atom stereocenters. The van der Waals surface area contributed by atoms with E-state index in [4.69, 9.17) is 19.9 Å². The lowest BCUT2D eigenvalue weighted by Gasteiger charge is -2.43. The van der Waals surface area contributed by atoms with Gasteiger partial charge in [-0.05, 0) is 52.6 Å². The molecule has 0 bridgehead atoms. The van der Waals surface area contributed by atoms with Crippen LogP contribution in [0.3, 0.4) is 0 Å². The summed E-state index contributed by atoms with van der Waals surface area (Å²) in [6.45, 7) is 10.7. The van der Waals surface area contributed by atoms with Crippen LogP contribution < -0.4 is 11.1 Å². The number of benzene rings is 1. The van der Waals surface area contributed by atoms with Crippen LogP contribution in [0, 0.1) is 5.82 Å². The van der Waals surface area contributed by atoms with E-state index in [0.29, 0.717) is 5.69 Å². The maximum atomic E-state index is 14.8. The van der Waals surface area contributed by atoms with E-state index >= 15 is 0 Å². The topological polar surface area (TPSA) is 108 Å². The van der Waals surface area contributed by atoms with Crippen LogP contribution in [0.25, 0.3) is 0 Å². The predicted molar refractivity (Wildman–Crippen MR) is 103 cm³/mol. The second-order valence-corrected chi connectivity index (χ2v) is 7.97. The lowest BCUT2D eigenvalue weighted by molar-refractivity contribution is 0.0495. The Balaban J connectivity index is 2.08. The van der Waals surface area contributed by atoms with Gasteiger partial charge in [-0.15, -0.1) is 0 Å². The van der Waals surface area contributed by atoms with Gasteiger partial charge in [-0.1, -0.05) is 0 Å². The number of nitrogens with two attached hydrogens (primary N) is 1. The molecule has 0 aromatic heterocycles. The van der Waals surface area contributed by atoms with Crippen LogP contribution in [0.1, 0.15) is 33.3 Å². The quantitative estimate of drug-likeness (QED) is 0.593. The molecule has 1 aromatic rings. The van der Waals surface area contributed by atoms with Crippen LogP contribution in [0.15, 0.2) is 28.2 Å². The number of aliphatic imine (C=N–C) groups is 2. The molecule has 0 aliphatic carbocycles. The first-order valence-electron chi connectivity index (χ1n) is 8.91. The summed E-state index contributed by atoms with van der Waals surface area (Å²) in [5, 5.41) is 2.47. The van der Waals surface area contributed by atoms with Gasteiger partial charge in [0.2, 0.25) is 0 Å². The molecule has 1 saturated heterocycles. The van der Waals surface area contributed by atoms with Crippen LogP contribution in [0.4, 0.5) is 14.9 Å². The first kappa shape index (κ1) is 20.1. The van der Waals surface area contributed by atoms with Crippen molar-refractivity contribution in [3.05, 3.63) is 29.6 Å². The van der Waals surface area contributed by atoms with Crippen LogP contribution in [0.5, 0.6) is 0 Å². The number of carbonyl (C=O) groups is 1. The Morgan fingerprint density at radius 1 is 1.46 bits per heavy atom. The molecule has 1 amide bonds. The number of nitrogens with one attached hydrogen (secondary N) is 1. The lowest BCUT2D eigenvalue weighted by Crippen LogP contribution is -2.59.